The number of rotatable bonds is 4. The summed E-state index contributed by atoms with van der Waals surface area (Å²) in [5.41, 5.74) is 9.00. The Bertz CT molecular complexity index is 1420. The molecule has 4 heterocycles. The fourth-order valence-corrected chi connectivity index (χ4v) is 6.54. The molecule has 2 aromatic heterocycles. The molecule has 206 valence electrons. The molecule has 2 aliphatic heterocycles. The van der Waals surface area contributed by atoms with E-state index in [9.17, 15) is 14.4 Å². The lowest BCUT2D eigenvalue weighted by molar-refractivity contribution is -0.146. The van der Waals surface area contributed by atoms with Gasteiger partial charge in [-0.05, 0) is 61.6 Å². The van der Waals surface area contributed by atoms with E-state index < -0.39 is 11.8 Å². The summed E-state index contributed by atoms with van der Waals surface area (Å²) in [7, 11) is 3.78. The molecule has 0 bridgehead atoms. The lowest BCUT2D eigenvalue weighted by Crippen LogP contribution is -2.48. The van der Waals surface area contributed by atoms with Crippen molar-refractivity contribution in [2.45, 2.75) is 45.2 Å². The van der Waals surface area contributed by atoms with Crippen LogP contribution >= 0.6 is 11.3 Å². The Kier molecular flexibility index (Phi) is 7.55. The maximum atomic E-state index is 13.4. The molecule has 39 heavy (non-hydrogen) atoms. The topological polar surface area (TPSA) is 125 Å². The average Bonchev–Trinajstić information content (AvgIpc) is 3.34. The van der Waals surface area contributed by atoms with Crippen LogP contribution in [0.15, 0.2) is 30.5 Å². The van der Waals surface area contributed by atoms with E-state index in [1.165, 1.54) is 6.20 Å². The van der Waals surface area contributed by atoms with Crippen LogP contribution in [0.1, 0.15) is 54.9 Å². The van der Waals surface area contributed by atoms with Crippen LogP contribution in [-0.2, 0) is 20.8 Å². The van der Waals surface area contributed by atoms with Gasteiger partial charge in [0, 0.05) is 20.1 Å². The molecule has 2 aliphatic rings. The molecule has 0 radical (unpaired) electrons. The molecule has 0 aliphatic carbocycles. The molecule has 3 atom stereocenters. The number of aromatic nitrogens is 2. The number of piperidine rings is 1. The van der Waals surface area contributed by atoms with Gasteiger partial charge >= 0.3 is 11.8 Å². The van der Waals surface area contributed by atoms with Gasteiger partial charge in [-0.2, -0.15) is 0 Å². The van der Waals surface area contributed by atoms with Gasteiger partial charge in [-0.25, -0.2) is 9.97 Å². The number of hydrogen-bond donors (Lipinski definition) is 2. The zero-order valence-electron chi connectivity index (χ0n) is 22.8. The molecule has 3 amide bonds. The van der Waals surface area contributed by atoms with Crippen molar-refractivity contribution in [2.24, 2.45) is 5.92 Å². The van der Waals surface area contributed by atoms with E-state index >= 15 is 0 Å². The highest BCUT2D eigenvalue weighted by molar-refractivity contribution is 7.18. The van der Waals surface area contributed by atoms with E-state index in [-0.39, 0.29) is 18.0 Å². The van der Waals surface area contributed by atoms with Crippen molar-refractivity contribution in [3.8, 4) is 0 Å². The number of pyridine rings is 1. The van der Waals surface area contributed by atoms with Crippen LogP contribution in [0.2, 0.25) is 0 Å². The average molecular weight is 550 g/mol. The first-order valence-electron chi connectivity index (χ1n) is 13.4. The summed E-state index contributed by atoms with van der Waals surface area (Å²) in [6, 6.07) is 7.73. The van der Waals surface area contributed by atoms with Crippen molar-refractivity contribution < 1.29 is 14.4 Å². The molecule has 10 nitrogen and oxygen atoms in total. The molecule has 0 spiro atoms. The molecule has 2 fully saturated rings. The van der Waals surface area contributed by atoms with Crippen molar-refractivity contribution in [3.63, 3.8) is 0 Å². The number of nitrogens with zero attached hydrogens (tertiary/aromatic N) is 5. The first kappa shape index (κ1) is 27.0. The molecule has 1 aromatic carbocycles. The largest absolute Gasteiger partial charge is 0.383 e. The maximum absolute atomic E-state index is 13.4. The Hall–Kier alpha value is -3.57. The first-order chi connectivity index (χ1) is 18.6. The van der Waals surface area contributed by atoms with Crippen molar-refractivity contribution >= 4 is 50.8 Å². The fourth-order valence-electron chi connectivity index (χ4n) is 5.43. The molecule has 3 N–H and O–H groups in total. The van der Waals surface area contributed by atoms with E-state index in [1.54, 1.807) is 27.2 Å². The Morgan fingerprint density at radius 3 is 2.72 bits per heavy atom. The molecule has 1 unspecified atom stereocenters. The number of thiazole rings is 1. The number of likely N-dealkylation sites (N-methyl/N-ethyl adjacent to an activating group) is 2. The zero-order valence-corrected chi connectivity index (χ0v) is 23.6. The van der Waals surface area contributed by atoms with Crippen LogP contribution in [0.3, 0.4) is 0 Å². The van der Waals surface area contributed by atoms with Gasteiger partial charge < -0.3 is 20.9 Å². The Morgan fingerprint density at radius 2 is 1.95 bits per heavy atom. The fraction of sp³-hybridized carbons (Fsp3) is 0.464. The van der Waals surface area contributed by atoms with Crippen LogP contribution in [0, 0.1) is 5.92 Å². The third-order valence-corrected chi connectivity index (χ3v) is 8.94. The summed E-state index contributed by atoms with van der Waals surface area (Å²) in [6.07, 6.45) is 3.88. The number of likely N-dealkylation sites (tertiary alicyclic amines) is 1. The molecule has 2 saturated heterocycles. The second-order valence-corrected chi connectivity index (χ2v) is 11.8. The number of amides is 3. The second kappa shape index (κ2) is 10.9. The molecule has 5 rings (SSSR count). The summed E-state index contributed by atoms with van der Waals surface area (Å²) >= 11 is 1.63. The summed E-state index contributed by atoms with van der Waals surface area (Å²) in [5.74, 6) is -0.422. The van der Waals surface area contributed by atoms with E-state index in [2.05, 4.69) is 23.3 Å². The van der Waals surface area contributed by atoms with Gasteiger partial charge in [0.15, 0.2) is 0 Å². The van der Waals surface area contributed by atoms with Crippen molar-refractivity contribution in [1.82, 2.24) is 24.7 Å². The number of anilines is 2. The Labute approximate surface area is 232 Å². The van der Waals surface area contributed by atoms with E-state index in [0.717, 1.165) is 39.2 Å². The minimum Gasteiger partial charge on any atom is -0.383 e. The number of carbonyl (C=O) groups is 3. The highest BCUT2D eigenvalue weighted by Crippen LogP contribution is 2.37. The molecule has 11 heteroatoms. The van der Waals surface area contributed by atoms with Crippen LogP contribution in [0.5, 0.6) is 0 Å². The SMILES string of the molecule is CCc1cc(NC(=O)C(=O)N2C[C@@H](C)CC[C@@H]2c2ccc3sc(C4CN(C)C(=O)CN4C)nc3c2)cnc1N. The van der Waals surface area contributed by atoms with E-state index in [1.807, 2.05) is 38.1 Å². The normalized spacial score (nSPS) is 22.4. The number of nitrogens with one attached hydrogen (secondary N) is 1. The highest BCUT2D eigenvalue weighted by atomic mass is 32.1. The van der Waals surface area contributed by atoms with Crippen LogP contribution in [-0.4, -0.2) is 76.1 Å². The van der Waals surface area contributed by atoms with Gasteiger partial charge in [-0.15, -0.1) is 11.3 Å². The first-order valence-corrected chi connectivity index (χ1v) is 14.2. The molecular formula is C28H35N7O3S. The monoisotopic (exact) mass is 549 g/mol. The zero-order chi connectivity index (χ0) is 27.8. The van der Waals surface area contributed by atoms with Crippen LogP contribution in [0.25, 0.3) is 10.2 Å². The van der Waals surface area contributed by atoms with Crippen LogP contribution in [0.4, 0.5) is 11.5 Å². The van der Waals surface area contributed by atoms with Crippen molar-refractivity contribution in [1.29, 1.82) is 0 Å². The molecular weight excluding hydrogens is 514 g/mol. The minimum absolute atomic E-state index is 0.0434. The number of carbonyl (C=O) groups excluding carboxylic acids is 3. The summed E-state index contributed by atoms with van der Waals surface area (Å²) < 4.78 is 1.06. The number of aryl methyl sites for hydroxylation is 1. The second-order valence-electron chi connectivity index (χ2n) is 10.7. The van der Waals surface area contributed by atoms with Gasteiger partial charge in [0.1, 0.15) is 10.8 Å². The number of piperazine rings is 1. The standard InChI is InChI=1S/C28H35N7O3S/c1-5-17-10-19(12-30-25(17)29)31-26(37)28(38)35-13-16(2)6-8-21(35)18-7-9-23-20(11-18)32-27(39-23)22-14-34(4)24(36)15-33(22)3/h7,9-12,16,21-22H,5-6,8,13-15H2,1-4H3,(H2,29,30)(H,31,37)/t16-,21+,22?/m0/s1. The number of nitrogen functional groups attached to an aromatic ring is 1. The third kappa shape index (κ3) is 5.46. The van der Waals surface area contributed by atoms with Gasteiger partial charge in [0.25, 0.3) is 0 Å². The number of hydrogen-bond acceptors (Lipinski definition) is 8. The smallest absolute Gasteiger partial charge is 0.313 e. The quantitative estimate of drug-likeness (QED) is 0.479. The summed E-state index contributed by atoms with van der Waals surface area (Å²) in [5, 5.41) is 3.69. The van der Waals surface area contributed by atoms with Gasteiger partial charge in [0.05, 0.1) is 40.7 Å². The molecule has 0 saturated carbocycles. The molecule has 3 aromatic rings. The number of fused-ring (bicyclic) bond motifs is 1. The van der Waals surface area contributed by atoms with E-state index in [0.29, 0.717) is 43.5 Å². The van der Waals surface area contributed by atoms with E-state index in [4.69, 9.17) is 10.7 Å². The van der Waals surface area contributed by atoms with Gasteiger partial charge in [-0.3, -0.25) is 19.3 Å². The van der Waals surface area contributed by atoms with Gasteiger partial charge in [0.2, 0.25) is 5.91 Å². The predicted octanol–water partition coefficient (Wildman–Crippen LogP) is 3.22. The summed E-state index contributed by atoms with van der Waals surface area (Å²) in [6.45, 7) is 5.53. The number of nitrogens with two attached hydrogens (primary N) is 1. The van der Waals surface area contributed by atoms with Crippen LogP contribution < -0.4 is 11.1 Å². The predicted molar refractivity (Wildman–Crippen MR) is 152 cm³/mol. The van der Waals surface area contributed by atoms with Crippen molar-refractivity contribution in [2.75, 3.05) is 44.8 Å². The minimum atomic E-state index is -0.682. The third-order valence-electron chi connectivity index (χ3n) is 7.80. The lowest BCUT2D eigenvalue weighted by atomic mass is 9.89. The Balaban J connectivity index is 1.38. The van der Waals surface area contributed by atoms with Crippen molar-refractivity contribution in [3.05, 3.63) is 46.6 Å². The van der Waals surface area contributed by atoms with Gasteiger partial charge in [-0.1, -0.05) is 19.9 Å². The number of benzene rings is 1. The Morgan fingerprint density at radius 1 is 1.15 bits per heavy atom. The lowest BCUT2D eigenvalue weighted by Gasteiger charge is -2.38. The highest BCUT2D eigenvalue weighted by Gasteiger charge is 2.35. The maximum Gasteiger partial charge on any atom is 0.313 e. The summed E-state index contributed by atoms with van der Waals surface area (Å²) in [4.78, 5) is 53.1.